The van der Waals surface area contributed by atoms with Crippen LogP contribution >= 0.6 is 0 Å². The van der Waals surface area contributed by atoms with Crippen molar-refractivity contribution in [1.82, 2.24) is 0 Å². The van der Waals surface area contributed by atoms with E-state index in [1.807, 2.05) is 30.3 Å². The molecule has 4 heteroatoms. The maximum Gasteiger partial charge on any atom is 0.413 e. The van der Waals surface area contributed by atoms with Crippen LogP contribution in [0.25, 0.3) is 0 Å². The Kier molecular flexibility index (Phi) is 4.37. The summed E-state index contributed by atoms with van der Waals surface area (Å²) in [6, 6.07) is 9.64. The summed E-state index contributed by atoms with van der Waals surface area (Å²) in [6.45, 7) is 16.5. The van der Waals surface area contributed by atoms with Gasteiger partial charge in [0.1, 0.15) is 0 Å². The molecule has 0 amide bonds. The monoisotopic (exact) mass is 332 g/mol. The largest absolute Gasteiger partial charge is 0.491 e. The lowest BCUT2D eigenvalue weighted by Gasteiger charge is -2.45. The fraction of sp³-hybridized carbons (Fsp3) is 0.526. The van der Waals surface area contributed by atoms with Crippen LogP contribution in [0, 0.1) is 0 Å². The Morgan fingerprint density at radius 1 is 1.09 bits per heavy atom. The molecule has 0 spiro atoms. The van der Waals surface area contributed by atoms with Gasteiger partial charge in [-0.2, -0.15) is 0 Å². The molecule has 0 saturated carbocycles. The first-order chi connectivity index (χ1) is 10.5. The topological polar surface area (TPSA) is 35.5 Å². The Morgan fingerprint density at radius 2 is 1.61 bits per heavy atom. The van der Waals surface area contributed by atoms with E-state index < -0.39 is 14.2 Å². The molecular weight excluding hydrogens is 304 g/mol. The second-order valence-corrected chi connectivity index (χ2v) is 12.9. The Hall–Kier alpha value is -1.39. The Balaban J connectivity index is 2.65. The van der Waals surface area contributed by atoms with E-state index in [0.717, 1.165) is 5.56 Å². The molecule has 0 N–H and O–H groups in total. The Morgan fingerprint density at radius 3 is 2.00 bits per heavy atom. The lowest BCUT2D eigenvalue weighted by Crippen LogP contribution is -2.55. The highest BCUT2D eigenvalue weighted by atomic mass is 28.4. The highest BCUT2D eigenvalue weighted by molar-refractivity contribution is 6.76. The summed E-state index contributed by atoms with van der Waals surface area (Å²) in [7, 11) is -2.85. The molecule has 1 aliphatic heterocycles. The molecular formula is C19H28O3Si. The lowest BCUT2D eigenvalue weighted by atomic mass is 9.91. The average molecular weight is 333 g/mol. The highest BCUT2D eigenvalue weighted by Gasteiger charge is 2.70. The predicted octanol–water partition coefficient (Wildman–Crippen LogP) is 5.07. The van der Waals surface area contributed by atoms with E-state index in [0.29, 0.717) is 6.42 Å². The summed E-state index contributed by atoms with van der Waals surface area (Å²) < 4.78 is 12.8. The standard InChI is InChI=1S/C19H28O3Si/c1-8-14-19(15-12-10-9-11-13-15)16(20)21-23(22-19,17(2,3)4)18(5,6)7/h8-13H,1,14H2,2-7H3. The summed E-state index contributed by atoms with van der Waals surface area (Å²) >= 11 is 0. The molecule has 3 nitrogen and oxygen atoms in total. The molecule has 1 unspecified atom stereocenters. The predicted molar refractivity (Wildman–Crippen MR) is 95.3 cm³/mol. The van der Waals surface area contributed by atoms with Crippen molar-refractivity contribution in [3.05, 3.63) is 48.6 Å². The van der Waals surface area contributed by atoms with Gasteiger partial charge in [-0.3, -0.25) is 0 Å². The van der Waals surface area contributed by atoms with Crippen LogP contribution in [-0.2, 0) is 19.2 Å². The number of rotatable bonds is 3. The zero-order chi connectivity index (χ0) is 17.5. The van der Waals surface area contributed by atoms with Gasteiger partial charge in [0.2, 0.25) is 0 Å². The van der Waals surface area contributed by atoms with E-state index in [1.165, 1.54) is 0 Å². The van der Waals surface area contributed by atoms with Crippen LogP contribution < -0.4 is 0 Å². The van der Waals surface area contributed by atoms with Gasteiger partial charge in [0, 0.05) is 16.5 Å². The minimum absolute atomic E-state index is 0.237. The van der Waals surface area contributed by atoms with Crippen molar-refractivity contribution in [3.63, 3.8) is 0 Å². The van der Waals surface area contributed by atoms with Gasteiger partial charge in [-0.1, -0.05) is 78.0 Å². The molecule has 0 bridgehead atoms. The van der Waals surface area contributed by atoms with E-state index in [2.05, 4.69) is 48.1 Å². The molecule has 0 aromatic heterocycles. The average Bonchev–Trinajstić information content (AvgIpc) is 2.75. The van der Waals surface area contributed by atoms with Crippen LogP contribution in [0.3, 0.4) is 0 Å². The van der Waals surface area contributed by atoms with Crippen molar-refractivity contribution in [1.29, 1.82) is 0 Å². The van der Waals surface area contributed by atoms with Gasteiger partial charge in [0.05, 0.1) is 0 Å². The number of hydrogen-bond acceptors (Lipinski definition) is 3. The smallest absolute Gasteiger partial charge is 0.413 e. The van der Waals surface area contributed by atoms with Crippen LogP contribution in [0.5, 0.6) is 0 Å². The van der Waals surface area contributed by atoms with Gasteiger partial charge in [0.25, 0.3) is 0 Å². The van der Waals surface area contributed by atoms with Crippen LogP contribution in [0.2, 0.25) is 10.1 Å². The fourth-order valence-corrected chi connectivity index (χ4v) is 8.31. The van der Waals surface area contributed by atoms with Crippen molar-refractivity contribution in [2.45, 2.75) is 63.6 Å². The molecule has 1 aliphatic rings. The van der Waals surface area contributed by atoms with E-state index in [4.69, 9.17) is 8.85 Å². The number of benzene rings is 1. The fourth-order valence-electron chi connectivity index (χ4n) is 3.59. The molecule has 1 aromatic rings. The highest BCUT2D eigenvalue weighted by Crippen LogP contribution is 2.59. The summed E-state index contributed by atoms with van der Waals surface area (Å²) in [5.74, 6) is -0.278. The molecule has 23 heavy (non-hydrogen) atoms. The van der Waals surface area contributed by atoms with Crippen molar-refractivity contribution in [3.8, 4) is 0 Å². The van der Waals surface area contributed by atoms with Gasteiger partial charge < -0.3 is 8.85 Å². The van der Waals surface area contributed by atoms with E-state index in [-0.39, 0.29) is 16.0 Å². The summed E-state index contributed by atoms with van der Waals surface area (Å²) in [5, 5.41) is -0.475. The zero-order valence-electron chi connectivity index (χ0n) is 15.1. The maximum atomic E-state index is 13.0. The second-order valence-electron chi connectivity index (χ2n) is 8.29. The molecule has 1 heterocycles. The third-order valence-electron chi connectivity index (χ3n) is 4.53. The van der Waals surface area contributed by atoms with Gasteiger partial charge >= 0.3 is 14.5 Å². The quantitative estimate of drug-likeness (QED) is 0.572. The first-order valence-corrected chi connectivity index (χ1v) is 9.92. The van der Waals surface area contributed by atoms with Crippen LogP contribution in [0.4, 0.5) is 0 Å². The molecule has 1 saturated heterocycles. The SMILES string of the molecule is C=CCC1(c2ccccc2)O[Si](C(C)(C)C)(C(C)(C)C)OC1=O. The lowest BCUT2D eigenvalue weighted by molar-refractivity contribution is -0.143. The van der Waals surface area contributed by atoms with Crippen LogP contribution in [0.15, 0.2) is 43.0 Å². The number of carbonyl (C=O) groups is 1. The first-order valence-electron chi connectivity index (χ1n) is 8.10. The van der Waals surface area contributed by atoms with Crippen molar-refractivity contribution in [2.75, 3.05) is 0 Å². The number of carbonyl (C=O) groups excluding carboxylic acids is 1. The number of hydrogen-bond donors (Lipinski definition) is 0. The normalized spacial score (nSPS) is 24.3. The summed E-state index contributed by atoms with van der Waals surface area (Å²) in [4.78, 5) is 13.0. The first kappa shape index (κ1) is 18.0. The third-order valence-corrected chi connectivity index (χ3v) is 9.59. The maximum absolute atomic E-state index is 13.0. The molecule has 2 rings (SSSR count). The Labute approximate surface area is 140 Å². The van der Waals surface area contributed by atoms with Gasteiger partial charge in [-0.05, 0) is 5.56 Å². The summed E-state index contributed by atoms with van der Waals surface area (Å²) in [5.41, 5.74) is -0.233. The Bertz CT molecular complexity index is 581. The second kappa shape index (κ2) is 5.60. The van der Waals surface area contributed by atoms with Gasteiger partial charge in [-0.15, -0.1) is 6.58 Å². The van der Waals surface area contributed by atoms with Crippen LogP contribution in [-0.4, -0.2) is 14.5 Å². The van der Waals surface area contributed by atoms with Crippen molar-refractivity contribution < 1.29 is 13.6 Å². The van der Waals surface area contributed by atoms with Gasteiger partial charge in [-0.25, -0.2) is 4.79 Å². The summed E-state index contributed by atoms with van der Waals surface area (Å²) in [6.07, 6.45) is 2.15. The molecule has 0 radical (unpaired) electrons. The molecule has 0 aliphatic carbocycles. The third kappa shape index (κ3) is 2.68. The van der Waals surface area contributed by atoms with Gasteiger partial charge in [0.15, 0.2) is 5.60 Å². The van der Waals surface area contributed by atoms with Crippen molar-refractivity contribution >= 4 is 14.5 Å². The molecule has 1 atom stereocenters. The molecule has 126 valence electrons. The van der Waals surface area contributed by atoms with Crippen molar-refractivity contribution in [2.24, 2.45) is 0 Å². The minimum atomic E-state index is -2.85. The van der Waals surface area contributed by atoms with Crippen LogP contribution in [0.1, 0.15) is 53.5 Å². The van der Waals surface area contributed by atoms with E-state index in [9.17, 15) is 4.79 Å². The zero-order valence-corrected chi connectivity index (χ0v) is 16.1. The van der Waals surface area contributed by atoms with E-state index in [1.54, 1.807) is 6.08 Å². The molecule has 1 fully saturated rings. The molecule has 1 aromatic carbocycles. The van der Waals surface area contributed by atoms with E-state index >= 15 is 0 Å². The minimum Gasteiger partial charge on any atom is -0.491 e.